The van der Waals surface area contributed by atoms with Crippen LogP contribution < -0.4 is 10.1 Å². The smallest absolute Gasteiger partial charge is 0.194 e. The Kier molecular flexibility index (Phi) is 10.3. The number of nitrogens with one attached hydrogen (secondary N) is 1. The van der Waals surface area contributed by atoms with Crippen LogP contribution in [0.15, 0.2) is 46.1 Å². The molecule has 160 valence electrons. The molecule has 0 aliphatic carbocycles. The fourth-order valence-electron chi connectivity index (χ4n) is 3.26. The van der Waals surface area contributed by atoms with Crippen molar-refractivity contribution in [1.29, 1.82) is 0 Å². The summed E-state index contributed by atoms with van der Waals surface area (Å²) in [6.07, 6.45) is 3.85. The van der Waals surface area contributed by atoms with Gasteiger partial charge in [-0.05, 0) is 24.1 Å². The summed E-state index contributed by atoms with van der Waals surface area (Å²) in [5, 5.41) is 7.48. The molecular formula is C21H32IN5O2. The lowest BCUT2D eigenvalue weighted by molar-refractivity contribution is 0.169. The van der Waals surface area contributed by atoms with Gasteiger partial charge in [-0.3, -0.25) is 9.89 Å². The van der Waals surface area contributed by atoms with Crippen LogP contribution in [0.2, 0.25) is 0 Å². The van der Waals surface area contributed by atoms with Crippen molar-refractivity contribution in [1.82, 2.24) is 20.3 Å². The summed E-state index contributed by atoms with van der Waals surface area (Å²) in [6.45, 7) is 8.35. The number of hydrogen-bond donors (Lipinski definition) is 1. The van der Waals surface area contributed by atoms with E-state index in [0.29, 0.717) is 0 Å². The van der Waals surface area contributed by atoms with Crippen molar-refractivity contribution < 1.29 is 9.26 Å². The number of hydrogen-bond acceptors (Lipinski definition) is 5. The molecule has 8 heteroatoms. The van der Waals surface area contributed by atoms with Crippen molar-refractivity contribution in [2.24, 2.45) is 4.99 Å². The molecular weight excluding hydrogens is 481 g/mol. The number of piperazine rings is 1. The van der Waals surface area contributed by atoms with E-state index in [1.54, 1.807) is 6.26 Å². The number of aromatic nitrogens is 1. The summed E-state index contributed by atoms with van der Waals surface area (Å²) in [4.78, 5) is 9.16. The van der Waals surface area contributed by atoms with Gasteiger partial charge in [0, 0.05) is 52.4 Å². The quantitative estimate of drug-likeness (QED) is 0.253. The molecule has 0 spiro atoms. The van der Waals surface area contributed by atoms with E-state index in [4.69, 9.17) is 9.26 Å². The third kappa shape index (κ3) is 7.50. The second-order valence-corrected chi connectivity index (χ2v) is 7.00. The zero-order valence-electron chi connectivity index (χ0n) is 17.3. The van der Waals surface area contributed by atoms with Gasteiger partial charge >= 0.3 is 0 Å². The molecule has 1 aliphatic heterocycles. The number of guanidine groups is 1. The van der Waals surface area contributed by atoms with Crippen LogP contribution >= 0.6 is 24.0 Å². The van der Waals surface area contributed by atoms with Crippen molar-refractivity contribution in [3.63, 3.8) is 0 Å². The minimum atomic E-state index is 0. The second kappa shape index (κ2) is 12.7. The van der Waals surface area contributed by atoms with Crippen LogP contribution in [-0.4, -0.2) is 60.7 Å². The molecule has 3 rings (SSSR count). The highest BCUT2D eigenvalue weighted by Gasteiger charge is 2.20. The molecule has 1 aromatic heterocycles. The minimum absolute atomic E-state index is 0. The second-order valence-electron chi connectivity index (χ2n) is 7.00. The lowest BCUT2D eigenvalue weighted by atomic mass is 10.2. The Hall–Kier alpha value is -1.81. The van der Waals surface area contributed by atoms with Crippen LogP contribution in [-0.2, 0) is 13.1 Å². The molecule has 0 saturated carbocycles. The molecule has 0 amide bonds. The van der Waals surface area contributed by atoms with E-state index < -0.39 is 0 Å². The summed E-state index contributed by atoms with van der Waals surface area (Å²) in [5.41, 5.74) is 2.18. The molecule has 1 fully saturated rings. The summed E-state index contributed by atoms with van der Waals surface area (Å²) >= 11 is 0. The number of rotatable bonds is 8. The van der Waals surface area contributed by atoms with Crippen LogP contribution in [0.4, 0.5) is 0 Å². The van der Waals surface area contributed by atoms with Gasteiger partial charge in [-0.15, -0.1) is 24.0 Å². The van der Waals surface area contributed by atoms with E-state index in [0.717, 1.165) is 76.1 Å². The van der Waals surface area contributed by atoms with E-state index in [-0.39, 0.29) is 24.0 Å². The molecule has 0 unspecified atom stereocenters. The fraction of sp³-hybridized carbons (Fsp3) is 0.524. The van der Waals surface area contributed by atoms with E-state index in [2.05, 4.69) is 44.3 Å². The molecule has 29 heavy (non-hydrogen) atoms. The van der Waals surface area contributed by atoms with Crippen molar-refractivity contribution in [3.8, 4) is 5.75 Å². The van der Waals surface area contributed by atoms with Crippen LogP contribution in [0.1, 0.15) is 31.0 Å². The summed E-state index contributed by atoms with van der Waals surface area (Å²) < 4.78 is 10.7. The molecule has 0 bridgehead atoms. The van der Waals surface area contributed by atoms with Crippen molar-refractivity contribution in [2.45, 2.75) is 32.9 Å². The van der Waals surface area contributed by atoms with Gasteiger partial charge in [0.1, 0.15) is 12.0 Å². The van der Waals surface area contributed by atoms with E-state index in [1.165, 1.54) is 5.56 Å². The standard InChI is InChI=1S/C21H31N5O2.HI/c1-3-4-13-27-20-7-5-6-18(15-20)16-23-21(22-2)26-11-9-25(10-12-26)17-19-8-14-28-24-19;/h5-8,14-15H,3-4,9-13,16-17H2,1-2H3,(H,22,23);1H. The Morgan fingerprint density at radius 3 is 2.76 bits per heavy atom. The largest absolute Gasteiger partial charge is 0.494 e. The highest BCUT2D eigenvalue weighted by atomic mass is 127. The molecule has 2 heterocycles. The van der Waals surface area contributed by atoms with Gasteiger partial charge in [0.2, 0.25) is 0 Å². The molecule has 2 aromatic rings. The first kappa shape index (κ1) is 23.5. The molecule has 1 N–H and O–H groups in total. The van der Waals surface area contributed by atoms with Gasteiger partial charge in [-0.2, -0.15) is 0 Å². The third-order valence-electron chi connectivity index (χ3n) is 4.88. The Labute approximate surface area is 190 Å². The van der Waals surface area contributed by atoms with Crippen molar-refractivity contribution >= 4 is 29.9 Å². The van der Waals surface area contributed by atoms with Crippen molar-refractivity contribution in [2.75, 3.05) is 39.8 Å². The third-order valence-corrected chi connectivity index (χ3v) is 4.88. The van der Waals surface area contributed by atoms with Crippen molar-refractivity contribution in [3.05, 3.63) is 47.9 Å². The van der Waals surface area contributed by atoms with Crippen LogP contribution in [0.3, 0.4) is 0 Å². The predicted molar refractivity (Wildman–Crippen MR) is 126 cm³/mol. The average molecular weight is 513 g/mol. The number of unbranched alkanes of at least 4 members (excludes halogenated alkanes) is 1. The first-order valence-electron chi connectivity index (χ1n) is 10.1. The van der Waals surface area contributed by atoms with E-state index in [9.17, 15) is 0 Å². The zero-order valence-corrected chi connectivity index (χ0v) is 19.7. The normalized spacial score (nSPS) is 15.1. The van der Waals surface area contributed by atoms with Crippen LogP contribution in [0, 0.1) is 0 Å². The molecule has 0 radical (unpaired) electrons. The van der Waals surface area contributed by atoms with Gasteiger partial charge < -0.3 is 19.5 Å². The Morgan fingerprint density at radius 1 is 1.24 bits per heavy atom. The number of nitrogens with zero attached hydrogens (tertiary/aromatic N) is 4. The van der Waals surface area contributed by atoms with Gasteiger partial charge in [0.25, 0.3) is 0 Å². The van der Waals surface area contributed by atoms with Gasteiger partial charge in [-0.1, -0.05) is 30.6 Å². The summed E-state index contributed by atoms with van der Waals surface area (Å²) in [7, 11) is 1.84. The number of benzene rings is 1. The lowest BCUT2D eigenvalue weighted by Gasteiger charge is -2.36. The maximum atomic E-state index is 5.81. The number of ether oxygens (including phenoxy) is 1. The minimum Gasteiger partial charge on any atom is -0.494 e. The monoisotopic (exact) mass is 513 g/mol. The van der Waals surface area contributed by atoms with E-state index >= 15 is 0 Å². The highest BCUT2D eigenvalue weighted by Crippen LogP contribution is 2.14. The lowest BCUT2D eigenvalue weighted by Crippen LogP contribution is -2.52. The summed E-state index contributed by atoms with van der Waals surface area (Å²) in [6, 6.07) is 10.2. The first-order chi connectivity index (χ1) is 13.8. The molecule has 1 aliphatic rings. The molecule has 1 saturated heterocycles. The predicted octanol–water partition coefficient (Wildman–Crippen LogP) is 3.36. The average Bonchev–Trinajstić information content (AvgIpc) is 3.23. The van der Waals surface area contributed by atoms with Gasteiger partial charge in [0.15, 0.2) is 5.96 Å². The maximum Gasteiger partial charge on any atom is 0.194 e. The maximum absolute atomic E-state index is 5.81. The Bertz CT molecular complexity index is 730. The van der Waals surface area contributed by atoms with Gasteiger partial charge in [0.05, 0.1) is 12.3 Å². The zero-order chi connectivity index (χ0) is 19.6. The topological polar surface area (TPSA) is 66.1 Å². The SMILES string of the molecule is CCCCOc1cccc(CNC(=NC)N2CCN(Cc3ccon3)CC2)c1.I. The summed E-state index contributed by atoms with van der Waals surface area (Å²) in [5.74, 6) is 1.88. The fourth-order valence-corrected chi connectivity index (χ4v) is 3.26. The molecule has 1 aromatic carbocycles. The molecule has 0 atom stereocenters. The Morgan fingerprint density at radius 2 is 2.07 bits per heavy atom. The highest BCUT2D eigenvalue weighted by molar-refractivity contribution is 14.0. The van der Waals surface area contributed by atoms with Crippen LogP contribution in [0.25, 0.3) is 0 Å². The van der Waals surface area contributed by atoms with Gasteiger partial charge in [-0.25, -0.2) is 0 Å². The van der Waals surface area contributed by atoms with Crippen LogP contribution in [0.5, 0.6) is 5.75 Å². The first-order valence-corrected chi connectivity index (χ1v) is 10.1. The number of aliphatic imine (C=N–C) groups is 1. The molecule has 7 nitrogen and oxygen atoms in total. The van der Waals surface area contributed by atoms with E-state index in [1.807, 2.05) is 25.2 Å². The Balaban J connectivity index is 0.00000300. The number of halogens is 1.